The summed E-state index contributed by atoms with van der Waals surface area (Å²) in [6.07, 6.45) is -8.69. The zero-order valence-corrected chi connectivity index (χ0v) is 14.7. The summed E-state index contributed by atoms with van der Waals surface area (Å²) < 4.78 is 0.579. The van der Waals surface area contributed by atoms with E-state index in [-0.39, 0.29) is 5.01 Å². The zero-order valence-electron chi connectivity index (χ0n) is 13.1. The fourth-order valence-corrected chi connectivity index (χ4v) is 3.84. The van der Waals surface area contributed by atoms with Crippen LogP contribution in [0, 0.1) is 0 Å². The lowest BCUT2D eigenvalue weighted by atomic mass is 10.00. The second-order valence-corrected chi connectivity index (χ2v) is 7.58. The summed E-state index contributed by atoms with van der Waals surface area (Å²) >= 11 is 2.47. The van der Waals surface area contributed by atoms with Gasteiger partial charge in [0, 0.05) is 5.75 Å². The van der Waals surface area contributed by atoms with E-state index >= 15 is 0 Å². The van der Waals surface area contributed by atoms with Crippen LogP contribution >= 0.6 is 23.1 Å². The molecule has 0 radical (unpaired) electrons. The molecular weight excluding hydrogens is 368 g/mol. The van der Waals surface area contributed by atoms with Gasteiger partial charge in [0.1, 0.15) is 35.5 Å². The van der Waals surface area contributed by atoms with Crippen LogP contribution in [0.5, 0.6) is 0 Å². The maximum Gasteiger partial charge on any atom is 0.174 e. The third kappa shape index (κ3) is 5.43. The van der Waals surface area contributed by atoms with Crippen molar-refractivity contribution in [2.45, 2.75) is 40.6 Å². The Morgan fingerprint density at radius 1 is 0.920 bits per heavy atom. The molecule has 0 saturated heterocycles. The van der Waals surface area contributed by atoms with Crippen LogP contribution in [0.15, 0.2) is 34.7 Å². The summed E-state index contributed by atoms with van der Waals surface area (Å²) in [4.78, 5) is 0. The maximum atomic E-state index is 10.1. The van der Waals surface area contributed by atoms with Gasteiger partial charge in [0.25, 0.3) is 0 Å². The van der Waals surface area contributed by atoms with Crippen molar-refractivity contribution < 1.29 is 30.6 Å². The van der Waals surface area contributed by atoms with Crippen LogP contribution in [-0.2, 0) is 5.75 Å². The van der Waals surface area contributed by atoms with Crippen molar-refractivity contribution in [3.63, 3.8) is 0 Å². The predicted molar refractivity (Wildman–Crippen MR) is 92.0 cm³/mol. The second kappa shape index (κ2) is 9.55. The van der Waals surface area contributed by atoms with Crippen LogP contribution in [-0.4, -0.2) is 71.9 Å². The van der Waals surface area contributed by atoms with Crippen LogP contribution in [0.3, 0.4) is 0 Å². The van der Waals surface area contributed by atoms with Gasteiger partial charge >= 0.3 is 0 Å². The Kier molecular flexibility index (Phi) is 7.72. The minimum absolute atomic E-state index is 0.0767. The van der Waals surface area contributed by atoms with Crippen LogP contribution in [0.1, 0.15) is 16.7 Å². The first kappa shape index (κ1) is 20.2. The monoisotopic (exact) mass is 388 g/mol. The molecule has 6 N–H and O–H groups in total. The molecule has 0 bridgehead atoms. The number of hydrogen-bond donors (Lipinski definition) is 6. The van der Waals surface area contributed by atoms with Gasteiger partial charge in [-0.1, -0.05) is 53.4 Å². The Morgan fingerprint density at radius 2 is 1.60 bits per heavy atom. The molecule has 0 spiro atoms. The molecule has 0 unspecified atom stereocenters. The average molecular weight is 388 g/mol. The van der Waals surface area contributed by atoms with Crippen LogP contribution < -0.4 is 0 Å². The highest BCUT2D eigenvalue weighted by atomic mass is 32.2. The zero-order chi connectivity index (χ0) is 18.4. The van der Waals surface area contributed by atoms with Crippen molar-refractivity contribution in [1.29, 1.82) is 0 Å². The van der Waals surface area contributed by atoms with E-state index in [1.807, 2.05) is 30.3 Å². The van der Waals surface area contributed by atoms with E-state index in [4.69, 9.17) is 5.11 Å². The van der Waals surface area contributed by atoms with Crippen LogP contribution in [0.4, 0.5) is 0 Å². The molecule has 138 valence electrons. The first-order chi connectivity index (χ1) is 11.9. The highest BCUT2D eigenvalue weighted by molar-refractivity contribution is 8.00. The third-order valence-electron chi connectivity index (χ3n) is 3.48. The van der Waals surface area contributed by atoms with Crippen molar-refractivity contribution >= 4 is 23.1 Å². The Morgan fingerprint density at radius 3 is 2.24 bits per heavy atom. The molecule has 8 nitrogen and oxygen atoms in total. The van der Waals surface area contributed by atoms with Crippen molar-refractivity contribution in [3.8, 4) is 0 Å². The predicted octanol–water partition coefficient (Wildman–Crippen LogP) is -0.700. The highest BCUT2D eigenvalue weighted by Crippen LogP contribution is 2.30. The molecule has 25 heavy (non-hydrogen) atoms. The van der Waals surface area contributed by atoms with Gasteiger partial charge in [-0.15, -0.1) is 10.2 Å². The molecule has 0 amide bonds. The van der Waals surface area contributed by atoms with E-state index < -0.39 is 37.1 Å². The average Bonchev–Trinajstić information content (AvgIpc) is 3.13. The van der Waals surface area contributed by atoms with E-state index in [0.29, 0.717) is 10.1 Å². The SMILES string of the molecule is OC[C@H](O)[C@@H](O)[C@@H](O)[C@@H](O)[C@@H](O)c1nnc(SCc2ccccc2)s1. The number of thioether (sulfide) groups is 1. The number of aromatic nitrogens is 2. The summed E-state index contributed by atoms with van der Waals surface area (Å²) in [5.41, 5.74) is 1.10. The van der Waals surface area contributed by atoms with Crippen molar-refractivity contribution in [3.05, 3.63) is 40.9 Å². The van der Waals surface area contributed by atoms with Gasteiger partial charge in [-0.2, -0.15) is 0 Å². The number of nitrogens with zero attached hydrogens (tertiary/aromatic N) is 2. The lowest BCUT2D eigenvalue weighted by Crippen LogP contribution is -2.47. The lowest BCUT2D eigenvalue weighted by Gasteiger charge is -2.27. The lowest BCUT2D eigenvalue weighted by molar-refractivity contribution is -0.141. The van der Waals surface area contributed by atoms with Gasteiger partial charge in [-0.05, 0) is 5.56 Å². The fraction of sp³-hybridized carbons (Fsp3) is 0.467. The highest BCUT2D eigenvalue weighted by Gasteiger charge is 2.36. The molecule has 2 aromatic rings. The van der Waals surface area contributed by atoms with E-state index in [1.54, 1.807) is 0 Å². The fourth-order valence-electron chi connectivity index (χ4n) is 1.99. The topological polar surface area (TPSA) is 147 Å². The van der Waals surface area contributed by atoms with Gasteiger partial charge in [0.15, 0.2) is 4.34 Å². The quantitative estimate of drug-likeness (QED) is 0.307. The van der Waals surface area contributed by atoms with Crippen molar-refractivity contribution in [2.24, 2.45) is 0 Å². The van der Waals surface area contributed by atoms with Gasteiger partial charge in [0.05, 0.1) is 6.61 Å². The van der Waals surface area contributed by atoms with Crippen LogP contribution in [0.2, 0.25) is 0 Å². The second-order valence-electron chi connectivity index (χ2n) is 5.35. The number of benzene rings is 1. The molecule has 10 heteroatoms. The molecule has 0 aliphatic carbocycles. The van der Waals surface area contributed by atoms with E-state index in [2.05, 4.69) is 10.2 Å². The largest absolute Gasteiger partial charge is 0.394 e. The van der Waals surface area contributed by atoms with Crippen molar-refractivity contribution in [2.75, 3.05) is 6.61 Å². The summed E-state index contributed by atoms with van der Waals surface area (Å²) in [5.74, 6) is 0.665. The summed E-state index contributed by atoms with van der Waals surface area (Å²) in [6, 6.07) is 9.71. The van der Waals surface area contributed by atoms with Gasteiger partial charge in [-0.25, -0.2) is 0 Å². The molecule has 0 aliphatic rings. The van der Waals surface area contributed by atoms with Gasteiger partial charge < -0.3 is 30.6 Å². The standard InChI is InChI=1S/C15H20N2O6S2/c18-6-9(19)10(20)11(21)12(22)13(23)14-16-17-15(25-14)24-7-8-4-2-1-3-5-8/h1-5,9-13,18-23H,6-7H2/t9-,10+,11+,12+,13+/m0/s1. The molecule has 1 aromatic heterocycles. The first-order valence-electron chi connectivity index (χ1n) is 7.45. The third-order valence-corrected chi connectivity index (χ3v) is 5.68. The molecule has 0 aliphatic heterocycles. The summed E-state index contributed by atoms with van der Waals surface area (Å²) in [6.45, 7) is -0.792. The molecule has 1 heterocycles. The van der Waals surface area contributed by atoms with Crippen LogP contribution in [0.25, 0.3) is 0 Å². The summed E-state index contributed by atoms with van der Waals surface area (Å²) in [5, 5.41) is 65.3. The Hall–Kier alpha value is -1.11. The van der Waals surface area contributed by atoms with Gasteiger partial charge in [-0.3, -0.25) is 0 Å². The Labute approximate surface area is 152 Å². The minimum atomic E-state index is -1.86. The molecule has 1 aromatic carbocycles. The normalized spacial score (nSPS) is 17.7. The molecule has 2 rings (SSSR count). The van der Waals surface area contributed by atoms with E-state index in [0.717, 1.165) is 16.9 Å². The molecule has 0 saturated carbocycles. The molecule has 0 fully saturated rings. The number of aliphatic hydroxyl groups is 6. The van der Waals surface area contributed by atoms with E-state index in [1.165, 1.54) is 11.8 Å². The minimum Gasteiger partial charge on any atom is -0.394 e. The van der Waals surface area contributed by atoms with Crippen molar-refractivity contribution in [1.82, 2.24) is 10.2 Å². The van der Waals surface area contributed by atoms with E-state index in [9.17, 15) is 25.5 Å². The maximum absolute atomic E-state index is 10.1. The first-order valence-corrected chi connectivity index (χ1v) is 9.25. The smallest absolute Gasteiger partial charge is 0.174 e. The summed E-state index contributed by atoms with van der Waals surface area (Å²) in [7, 11) is 0. The number of rotatable bonds is 9. The number of hydrogen-bond acceptors (Lipinski definition) is 10. The molecule has 5 atom stereocenters. The molecular formula is C15H20N2O6S2. The number of aliphatic hydroxyl groups excluding tert-OH is 6. The Bertz CT molecular complexity index is 644. The van der Waals surface area contributed by atoms with Gasteiger partial charge in [0.2, 0.25) is 0 Å². The Balaban J connectivity index is 1.95.